The third kappa shape index (κ3) is 3.64. The average Bonchev–Trinajstić information content (AvgIpc) is 2.63. The molecule has 5 heteroatoms. The Hall–Kier alpha value is -2.46. The molecule has 0 bridgehead atoms. The van der Waals surface area contributed by atoms with Gasteiger partial charge in [-0.25, -0.2) is 8.78 Å². The maximum Gasteiger partial charge on any atom is 0.153 e. The summed E-state index contributed by atoms with van der Waals surface area (Å²) >= 11 is 6.22. The van der Waals surface area contributed by atoms with Gasteiger partial charge in [0.05, 0.1) is 34.4 Å². The largest absolute Gasteiger partial charge is 0.343 e. The van der Waals surface area contributed by atoms with Crippen molar-refractivity contribution in [2.45, 2.75) is 13.8 Å². The summed E-state index contributed by atoms with van der Waals surface area (Å²) in [5.74, 6) is -1.47. The molecule has 0 fully saturated rings. The van der Waals surface area contributed by atoms with E-state index in [4.69, 9.17) is 11.6 Å². The molecule has 2 nitrogen and oxygen atoms in total. The molecular weight excluding hydrogens is 342 g/mol. The zero-order chi connectivity index (χ0) is 18.6. The second-order valence-electron chi connectivity index (χ2n) is 5.10. The minimum absolute atomic E-state index is 0.150. The summed E-state index contributed by atoms with van der Waals surface area (Å²) in [6.45, 7) is 7.87. The van der Waals surface area contributed by atoms with Gasteiger partial charge in [-0.3, -0.25) is 4.98 Å². The maximum atomic E-state index is 14.3. The van der Waals surface area contributed by atoms with Crippen LogP contribution in [0.25, 0.3) is 11.3 Å². The van der Waals surface area contributed by atoms with Crippen molar-refractivity contribution in [3.8, 4) is 0 Å². The molecule has 0 amide bonds. The lowest BCUT2D eigenvalue weighted by atomic mass is 9.95. The first kappa shape index (κ1) is 18.9. The number of aromatic nitrogens is 1. The van der Waals surface area contributed by atoms with E-state index in [9.17, 15) is 8.78 Å². The molecule has 130 valence electrons. The smallest absolute Gasteiger partial charge is 0.153 e. The number of hydrogen-bond acceptors (Lipinski definition) is 2. The van der Waals surface area contributed by atoms with Gasteiger partial charge in [-0.15, -0.1) is 0 Å². The summed E-state index contributed by atoms with van der Waals surface area (Å²) in [6.07, 6.45) is 3.66. The summed E-state index contributed by atoms with van der Waals surface area (Å²) in [6, 6.07) is 9.28. The van der Waals surface area contributed by atoms with Crippen molar-refractivity contribution in [2.24, 2.45) is 0 Å². The molecular formula is C20H19ClF2N2. The predicted octanol–water partition coefficient (Wildman–Crippen LogP) is 5.84. The summed E-state index contributed by atoms with van der Waals surface area (Å²) in [5, 5.41) is 0.421. The molecule has 3 rings (SSSR count). The molecule has 2 aromatic rings. The number of halogens is 3. The Labute approximate surface area is 151 Å². The van der Waals surface area contributed by atoms with Gasteiger partial charge in [0.25, 0.3) is 0 Å². The Bertz CT molecular complexity index is 822. The zero-order valence-corrected chi connectivity index (χ0v) is 15.1. The van der Waals surface area contributed by atoms with E-state index in [2.05, 4.69) is 11.6 Å². The number of hydrogen-bond donors (Lipinski definition) is 0. The van der Waals surface area contributed by atoms with E-state index in [1.165, 1.54) is 0 Å². The number of benzene rings is 1. The van der Waals surface area contributed by atoms with Crippen molar-refractivity contribution in [1.82, 2.24) is 9.88 Å². The van der Waals surface area contributed by atoms with Crippen LogP contribution in [0.4, 0.5) is 8.78 Å². The molecule has 1 aromatic heterocycles. The summed E-state index contributed by atoms with van der Waals surface area (Å²) in [5.41, 5.74) is 2.10. The number of allylic oxidation sites excluding steroid dienone is 3. The van der Waals surface area contributed by atoms with Gasteiger partial charge < -0.3 is 4.90 Å². The second kappa shape index (κ2) is 8.08. The van der Waals surface area contributed by atoms with Crippen LogP contribution in [0.1, 0.15) is 25.0 Å². The van der Waals surface area contributed by atoms with Gasteiger partial charge >= 0.3 is 0 Å². The molecule has 0 atom stereocenters. The Kier molecular flexibility index (Phi) is 6.10. The standard InChI is InChI=1S/C18H13ClF2N2.C2H6/c1-11-14(19)8-13(12-6-4-3-5-7-12)18(23(11)2)17-15(20)9-22-10-16(17)21;1-2/h3-10H,1H2,2H3;1-2H3. The Morgan fingerprint density at radius 1 is 1.04 bits per heavy atom. The van der Waals surface area contributed by atoms with Crippen LogP contribution in [0, 0.1) is 11.6 Å². The van der Waals surface area contributed by atoms with Gasteiger partial charge in [-0.05, 0) is 11.6 Å². The molecule has 1 aromatic carbocycles. The van der Waals surface area contributed by atoms with Crippen LogP contribution >= 0.6 is 11.6 Å². The fourth-order valence-electron chi connectivity index (χ4n) is 2.53. The van der Waals surface area contributed by atoms with Crippen LogP contribution in [-0.2, 0) is 0 Å². The molecule has 0 spiro atoms. The monoisotopic (exact) mass is 360 g/mol. The van der Waals surface area contributed by atoms with Gasteiger partial charge in [0.15, 0.2) is 11.6 Å². The van der Waals surface area contributed by atoms with Crippen LogP contribution in [0.3, 0.4) is 0 Å². The van der Waals surface area contributed by atoms with Crippen LogP contribution < -0.4 is 0 Å². The number of pyridine rings is 1. The van der Waals surface area contributed by atoms with Crippen molar-refractivity contribution >= 4 is 22.9 Å². The molecule has 1 aliphatic rings. The maximum absolute atomic E-state index is 14.3. The van der Waals surface area contributed by atoms with E-state index in [1.54, 1.807) is 18.0 Å². The van der Waals surface area contributed by atoms with Gasteiger partial charge in [0, 0.05) is 12.6 Å². The zero-order valence-electron chi connectivity index (χ0n) is 14.4. The fourth-order valence-corrected chi connectivity index (χ4v) is 2.77. The molecule has 1 aliphatic heterocycles. The van der Waals surface area contributed by atoms with Gasteiger partial charge in [0.2, 0.25) is 0 Å². The highest BCUT2D eigenvalue weighted by Gasteiger charge is 2.27. The SMILES string of the molecule is C=C1C(Cl)=CC(c2ccccc2)=C(c2c(F)cncc2F)N1C.CC. The lowest BCUT2D eigenvalue weighted by molar-refractivity contribution is 0.543. The van der Waals surface area contributed by atoms with Crippen molar-refractivity contribution < 1.29 is 8.78 Å². The minimum atomic E-state index is -0.737. The third-order valence-corrected chi connectivity index (χ3v) is 4.04. The highest BCUT2D eigenvalue weighted by molar-refractivity contribution is 6.33. The summed E-state index contributed by atoms with van der Waals surface area (Å²) in [4.78, 5) is 5.13. The molecule has 0 radical (unpaired) electrons. The number of likely N-dealkylation sites (N-methyl/N-ethyl adjacent to an activating group) is 1. The van der Waals surface area contributed by atoms with Crippen LogP contribution in [-0.4, -0.2) is 16.9 Å². The molecule has 0 aliphatic carbocycles. The minimum Gasteiger partial charge on any atom is -0.343 e. The first-order valence-corrected chi connectivity index (χ1v) is 8.27. The third-order valence-electron chi connectivity index (χ3n) is 3.72. The van der Waals surface area contributed by atoms with Gasteiger partial charge in [0.1, 0.15) is 0 Å². The van der Waals surface area contributed by atoms with Crippen LogP contribution in [0.15, 0.2) is 66.1 Å². The molecule has 0 unspecified atom stereocenters. The second-order valence-corrected chi connectivity index (χ2v) is 5.51. The molecule has 0 saturated heterocycles. The van der Waals surface area contributed by atoms with Crippen molar-refractivity contribution in [1.29, 1.82) is 0 Å². The van der Waals surface area contributed by atoms with Crippen molar-refractivity contribution in [3.05, 3.63) is 88.9 Å². The first-order valence-electron chi connectivity index (χ1n) is 7.90. The predicted molar refractivity (Wildman–Crippen MR) is 99.6 cm³/mol. The van der Waals surface area contributed by atoms with E-state index in [-0.39, 0.29) is 5.56 Å². The van der Waals surface area contributed by atoms with Crippen LogP contribution in [0.5, 0.6) is 0 Å². The van der Waals surface area contributed by atoms with Crippen molar-refractivity contribution in [3.63, 3.8) is 0 Å². The van der Waals surface area contributed by atoms with Gasteiger partial charge in [-0.1, -0.05) is 62.4 Å². The highest BCUT2D eigenvalue weighted by Crippen LogP contribution is 2.40. The van der Waals surface area contributed by atoms with E-state index in [1.807, 2.05) is 44.2 Å². The van der Waals surface area contributed by atoms with E-state index in [0.717, 1.165) is 18.0 Å². The molecule has 0 N–H and O–H groups in total. The molecule has 0 saturated carbocycles. The van der Waals surface area contributed by atoms with Crippen molar-refractivity contribution in [2.75, 3.05) is 7.05 Å². The lowest BCUT2D eigenvalue weighted by Gasteiger charge is -2.31. The van der Waals surface area contributed by atoms with E-state index >= 15 is 0 Å². The quantitative estimate of drug-likeness (QED) is 0.669. The normalized spacial score (nSPS) is 14.1. The summed E-state index contributed by atoms with van der Waals surface area (Å²) < 4.78 is 28.5. The topological polar surface area (TPSA) is 16.1 Å². The Morgan fingerprint density at radius 2 is 1.60 bits per heavy atom. The number of nitrogens with zero attached hydrogens (tertiary/aromatic N) is 2. The van der Waals surface area contributed by atoms with E-state index < -0.39 is 11.6 Å². The highest BCUT2D eigenvalue weighted by atomic mass is 35.5. The molecule has 2 heterocycles. The van der Waals surface area contributed by atoms with E-state index in [0.29, 0.717) is 22.0 Å². The van der Waals surface area contributed by atoms with Gasteiger partial charge in [-0.2, -0.15) is 0 Å². The lowest BCUT2D eigenvalue weighted by Crippen LogP contribution is -2.22. The first-order chi connectivity index (χ1) is 12.0. The Balaban J connectivity index is 0.00000109. The summed E-state index contributed by atoms with van der Waals surface area (Å²) in [7, 11) is 1.68. The van der Waals surface area contributed by atoms with Crippen LogP contribution in [0.2, 0.25) is 0 Å². The Morgan fingerprint density at radius 3 is 2.16 bits per heavy atom. The number of rotatable bonds is 2. The molecule has 25 heavy (non-hydrogen) atoms. The fraction of sp³-hybridized carbons (Fsp3) is 0.150. The average molecular weight is 361 g/mol.